The van der Waals surface area contributed by atoms with Crippen molar-refractivity contribution in [3.8, 4) is 5.88 Å². The molecule has 0 aromatic carbocycles. The van der Waals surface area contributed by atoms with Crippen LogP contribution in [0.15, 0.2) is 18.3 Å². The smallest absolute Gasteiger partial charge is 0.237 e. The van der Waals surface area contributed by atoms with Gasteiger partial charge >= 0.3 is 0 Å². The minimum Gasteiger partial charge on any atom is -0.473 e. The van der Waals surface area contributed by atoms with Gasteiger partial charge in [-0.2, -0.15) is 0 Å². The molecule has 0 atom stereocenters. The van der Waals surface area contributed by atoms with Crippen molar-refractivity contribution >= 4 is 5.69 Å². The van der Waals surface area contributed by atoms with E-state index < -0.39 is 0 Å². The van der Waals surface area contributed by atoms with Gasteiger partial charge in [-0.1, -0.05) is 0 Å². The zero-order valence-electron chi connectivity index (χ0n) is 10.6. The Morgan fingerprint density at radius 2 is 2.12 bits per heavy atom. The lowest BCUT2D eigenvalue weighted by molar-refractivity contribution is 0.0818. The van der Waals surface area contributed by atoms with Crippen molar-refractivity contribution in [2.45, 2.75) is 38.8 Å². The molecule has 94 valence electrons. The number of anilines is 1. The first-order valence-electron chi connectivity index (χ1n) is 6.28. The average molecular weight is 235 g/mol. The summed E-state index contributed by atoms with van der Waals surface area (Å²) >= 11 is 0. The van der Waals surface area contributed by atoms with Crippen LogP contribution in [-0.4, -0.2) is 35.1 Å². The molecule has 2 N–H and O–H groups in total. The average Bonchev–Trinajstić information content (AvgIpc) is 2.33. The van der Waals surface area contributed by atoms with Crippen molar-refractivity contribution in [3.63, 3.8) is 0 Å². The topological polar surface area (TPSA) is 51.4 Å². The maximum Gasteiger partial charge on any atom is 0.237 e. The summed E-state index contributed by atoms with van der Waals surface area (Å²) in [4.78, 5) is 6.64. The van der Waals surface area contributed by atoms with E-state index in [9.17, 15) is 0 Å². The molecule has 1 aromatic heterocycles. The Hall–Kier alpha value is -1.29. The summed E-state index contributed by atoms with van der Waals surface area (Å²) in [7, 11) is 0. The van der Waals surface area contributed by atoms with Gasteiger partial charge in [0.2, 0.25) is 5.88 Å². The number of ether oxygens (including phenoxy) is 1. The number of hydrogen-bond acceptors (Lipinski definition) is 4. The minimum absolute atomic E-state index is 0.252. The number of nitrogen functional groups attached to an aromatic ring is 1. The fourth-order valence-electron chi connectivity index (χ4n) is 2.17. The summed E-state index contributed by atoms with van der Waals surface area (Å²) in [6.45, 7) is 6.65. The SMILES string of the molecule is CC(C)N1CCC(Oc2ncccc2N)CC1. The molecule has 0 spiro atoms. The molecule has 2 rings (SSSR count). The van der Waals surface area contributed by atoms with E-state index in [1.165, 1.54) is 0 Å². The molecule has 0 bridgehead atoms. The third-order valence-corrected chi connectivity index (χ3v) is 3.29. The molecule has 1 fully saturated rings. The second kappa shape index (κ2) is 5.36. The summed E-state index contributed by atoms with van der Waals surface area (Å²) < 4.78 is 5.85. The van der Waals surface area contributed by atoms with Gasteiger partial charge in [0.25, 0.3) is 0 Å². The van der Waals surface area contributed by atoms with Crippen LogP contribution in [0.2, 0.25) is 0 Å². The van der Waals surface area contributed by atoms with Crippen molar-refractivity contribution in [2.75, 3.05) is 18.8 Å². The zero-order chi connectivity index (χ0) is 12.3. The Morgan fingerprint density at radius 3 is 2.71 bits per heavy atom. The summed E-state index contributed by atoms with van der Waals surface area (Å²) in [5.41, 5.74) is 6.44. The van der Waals surface area contributed by atoms with Gasteiger partial charge in [-0.25, -0.2) is 4.98 Å². The fraction of sp³-hybridized carbons (Fsp3) is 0.615. The Kier molecular flexibility index (Phi) is 3.84. The lowest BCUT2D eigenvalue weighted by atomic mass is 10.1. The second-order valence-corrected chi connectivity index (χ2v) is 4.84. The first kappa shape index (κ1) is 12.2. The highest BCUT2D eigenvalue weighted by Gasteiger charge is 2.22. The van der Waals surface area contributed by atoms with Crippen LogP contribution < -0.4 is 10.5 Å². The van der Waals surface area contributed by atoms with E-state index >= 15 is 0 Å². The van der Waals surface area contributed by atoms with Gasteiger partial charge in [-0.05, 0) is 38.8 Å². The first-order chi connectivity index (χ1) is 8.16. The summed E-state index contributed by atoms with van der Waals surface area (Å²) in [6.07, 6.45) is 4.07. The van der Waals surface area contributed by atoms with Gasteiger partial charge in [-0.15, -0.1) is 0 Å². The number of nitrogens with two attached hydrogens (primary N) is 1. The van der Waals surface area contributed by atoms with Gasteiger partial charge < -0.3 is 15.4 Å². The van der Waals surface area contributed by atoms with Crippen LogP contribution in [0, 0.1) is 0 Å². The van der Waals surface area contributed by atoms with E-state index in [0.29, 0.717) is 17.6 Å². The van der Waals surface area contributed by atoms with Crippen LogP contribution in [0.25, 0.3) is 0 Å². The van der Waals surface area contributed by atoms with Crippen LogP contribution in [0.1, 0.15) is 26.7 Å². The van der Waals surface area contributed by atoms with Crippen LogP contribution >= 0.6 is 0 Å². The number of piperidine rings is 1. The van der Waals surface area contributed by atoms with Gasteiger partial charge in [0.05, 0.1) is 5.69 Å². The third kappa shape index (κ3) is 3.09. The molecule has 1 saturated heterocycles. The van der Waals surface area contributed by atoms with E-state index in [1.54, 1.807) is 6.20 Å². The van der Waals surface area contributed by atoms with Crippen molar-refractivity contribution < 1.29 is 4.74 Å². The number of aromatic nitrogens is 1. The Labute approximate surface area is 103 Å². The van der Waals surface area contributed by atoms with Crippen LogP contribution in [0.3, 0.4) is 0 Å². The van der Waals surface area contributed by atoms with E-state index in [4.69, 9.17) is 10.5 Å². The molecule has 0 aliphatic carbocycles. The summed E-state index contributed by atoms with van der Waals surface area (Å²) in [5.74, 6) is 0.579. The van der Waals surface area contributed by atoms with Crippen LogP contribution in [-0.2, 0) is 0 Å². The highest BCUT2D eigenvalue weighted by molar-refractivity contribution is 5.46. The maximum atomic E-state index is 5.85. The quantitative estimate of drug-likeness (QED) is 0.869. The Morgan fingerprint density at radius 1 is 1.41 bits per heavy atom. The molecule has 4 heteroatoms. The normalized spacial score (nSPS) is 18.5. The van der Waals surface area contributed by atoms with Crippen molar-refractivity contribution in [3.05, 3.63) is 18.3 Å². The third-order valence-electron chi connectivity index (χ3n) is 3.29. The fourth-order valence-corrected chi connectivity index (χ4v) is 2.17. The predicted molar refractivity (Wildman–Crippen MR) is 69.0 cm³/mol. The second-order valence-electron chi connectivity index (χ2n) is 4.84. The van der Waals surface area contributed by atoms with Gasteiger partial charge in [0.15, 0.2) is 0 Å². The Balaban J connectivity index is 1.88. The Bertz CT molecular complexity index is 359. The van der Waals surface area contributed by atoms with Crippen molar-refractivity contribution in [2.24, 2.45) is 0 Å². The van der Waals surface area contributed by atoms with E-state index in [-0.39, 0.29) is 6.10 Å². The van der Waals surface area contributed by atoms with Crippen LogP contribution in [0.5, 0.6) is 5.88 Å². The molecule has 1 aromatic rings. The molecule has 17 heavy (non-hydrogen) atoms. The molecule has 0 amide bonds. The molecule has 4 nitrogen and oxygen atoms in total. The molecule has 1 aliphatic rings. The van der Waals surface area contributed by atoms with E-state index in [0.717, 1.165) is 25.9 Å². The minimum atomic E-state index is 0.252. The number of nitrogens with zero attached hydrogens (tertiary/aromatic N) is 2. The summed E-state index contributed by atoms with van der Waals surface area (Å²) in [6, 6.07) is 4.27. The molecule has 0 unspecified atom stereocenters. The molecule has 2 heterocycles. The lowest BCUT2D eigenvalue weighted by Crippen LogP contribution is -2.41. The van der Waals surface area contributed by atoms with Crippen molar-refractivity contribution in [1.82, 2.24) is 9.88 Å². The van der Waals surface area contributed by atoms with E-state index in [1.807, 2.05) is 12.1 Å². The highest BCUT2D eigenvalue weighted by Crippen LogP contribution is 2.22. The monoisotopic (exact) mass is 235 g/mol. The molecule has 1 aliphatic heterocycles. The van der Waals surface area contributed by atoms with Gasteiger partial charge in [-0.3, -0.25) is 0 Å². The lowest BCUT2D eigenvalue weighted by Gasteiger charge is -2.34. The highest BCUT2D eigenvalue weighted by atomic mass is 16.5. The standard InChI is InChI=1S/C13H21N3O/c1-10(2)16-8-5-11(6-9-16)17-13-12(14)4-3-7-15-13/h3-4,7,10-11H,5-6,8-9,14H2,1-2H3. The predicted octanol–water partition coefficient (Wildman–Crippen LogP) is 1.92. The first-order valence-corrected chi connectivity index (χ1v) is 6.28. The largest absolute Gasteiger partial charge is 0.473 e. The molecule has 0 radical (unpaired) electrons. The van der Waals surface area contributed by atoms with Crippen LogP contribution in [0.4, 0.5) is 5.69 Å². The van der Waals surface area contributed by atoms with Gasteiger partial charge in [0.1, 0.15) is 6.10 Å². The number of likely N-dealkylation sites (tertiary alicyclic amines) is 1. The molecular formula is C13H21N3O. The molecule has 0 saturated carbocycles. The molecular weight excluding hydrogens is 214 g/mol. The summed E-state index contributed by atoms with van der Waals surface area (Å²) in [5, 5.41) is 0. The number of hydrogen-bond donors (Lipinski definition) is 1. The zero-order valence-corrected chi connectivity index (χ0v) is 10.6. The number of rotatable bonds is 3. The number of pyridine rings is 1. The van der Waals surface area contributed by atoms with Crippen molar-refractivity contribution in [1.29, 1.82) is 0 Å². The maximum absolute atomic E-state index is 5.85. The van der Waals surface area contributed by atoms with Gasteiger partial charge in [0, 0.05) is 25.3 Å². The van der Waals surface area contributed by atoms with E-state index in [2.05, 4.69) is 23.7 Å².